The molecule has 33 heavy (non-hydrogen) atoms. The molecule has 4 rings (SSSR count). The van der Waals surface area contributed by atoms with E-state index in [2.05, 4.69) is 10.6 Å². The number of para-hydroxylation sites is 1. The van der Waals surface area contributed by atoms with Gasteiger partial charge in [0.2, 0.25) is 16.9 Å². The number of halogens is 1. The van der Waals surface area contributed by atoms with E-state index >= 15 is 0 Å². The standard InChI is InChI=1S/C23H20FN3O5S/c24-15-31-18-8-10-19(11-9-18)32-23(13-12-16-4-1-2-7-21(16)27-23)22(28)26-17-5-3-6-20(14-17)33(25,29)30/h1-14,27H,15H2,(H,26,28)(H2,25,29,30). The van der Waals surface area contributed by atoms with E-state index in [1.165, 1.54) is 48.5 Å². The first kappa shape index (κ1) is 22.3. The number of fused-ring (bicyclic) bond motifs is 1. The maximum atomic E-state index is 13.4. The highest BCUT2D eigenvalue weighted by Gasteiger charge is 2.41. The van der Waals surface area contributed by atoms with Gasteiger partial charge in [0.15, 0.2) is 0 Å². The van der Waals surface area contributed by atoms with Crippen LogP contribution in [0.15, 0.2) is 83.8 Å². The average Bonchev–Trinajstić information content (AvgIpc) is 2.80. The first-order valence-corrected chi connectivity index (χ1v) is 11.3. The molecule has 0 spiro atoms. The van der Waals surface area contributed by atoms with Gasteiger partial charge >= 0.3 is 0 Å². The van der Waals surface area contributed by atoms with Crippen LogP contribution in [0.4, 0.5) is 15.8 Å². The zero-order valence-electron chi connectivity index (χ0n) is 17.2. The van der Waals surface area contributed by atoms with Gasteiger partial charge in [0.25, 0.3) is 11.6 Å². The second-order valence-corrected chi connectivity index (χ2v) is 8.70. The van der Waals surface area contributed by atoms with Gasteiger partial charge in [0.1, 0.15) is 11.5 Å². The predicted molar refractivity (Wildman–Crippen MR) is 122 cm³/mol. The summed E-state index contributed by atoms with van der Waals surface area (Å²) in [6, 6.07) is 19.0. The van der Waals surface area contributed by atoms with E-state index in [9.17, 15) is 17.6 Å². The number of anilines is 2. The molecule has 1 unspecified atom stereocenters. The van der Waals surface area contributed by atoms with Gasteiger partial charge < -0.3 is 20.1 Å². The Labute approximate surface area is 189 Å². The van der Waals surface area contributed by atoms with Crippen LogP contribution in [-0.4, -0.2) is 26.9 Å². The van der Waals surface area contributed by atoms with Crippen LogP contribution in [0.25, 0.3) is 6.08 Å². The SMILES string of the molecule is NS(=O)(=O)c1cccc(NC(=O)C2(Oc3ccc(OCF)cc3)C=Cc3ccccc3N2)c1. The van der Waals surface area contributed by atoms with E-state index in [0.29, 0.717) is 17.2 Å². The minimum Gasteiger partial charge on any atom is -0.463 e. The van der Waals surface area contributed by atoms with Crippen molar-refractivity contribution in [2.75, 3.05) is 17.5 Å². The van der Waals surface area contributed by atoms with Gasteiger partial charge in [0.05, 0.1) is 4.90 Å². The fourth-order valence-electron chi connectivity index (χ4n) is 3.27. The predicted octanol–water partition coefficient (Wildman–Crippen LogP) is 3.49. The van der Waals surface area contributed by atoms with E-state index in [-0.39, 0.29) is 10.6 Å². The van der Waals surface area contributed by atoms with Crippen LogP contribution in [-0.2, 0) is 14.8 Å². The number of carbonyl (C=O) groups is 1. The number of carbonyl (C=O) groups excluding carboxylic acids is 1. The van der Waals surface area contributed by atoms with E-state index in [1.54, 1.807) is 18.2 Å². The molecule has 0 radical (unpaired) electrons. The molecule has 4 N–H and O–H groups in total. The molecule has 0 bridgehead atoms. The molecule has 0 aliphatic carbocycles. The Hall–Kier alpha value is -3.89. The largest absolute Gasteiger partial charge is 0.463 e. The quantitative estimate of drug-likeness (QED) is 0.487. The molecule has 0 saturated heterocycles. The van der Waals surface area contributed by atoms with Crippen molar-refractivity contribution in [2.45, 2.75) is 10.6 Å². The summed E-state index contributed by atoms with van der Waals surface area (Å²) in [6.45, 7) is -0.967. The molecule has 3 aromatic rings. The Kier molecular flexibility index (Phi) is 6.03. The van der Waals surface area contributed by atoms with Crippen molar-refractivity contribution in [3.05, 3.63) is 84.4 Å². The summed E-state index contributed by atoms with van der Waals surface area (Å²) in [4.78, 5) is 13.3. The lowest BCUT2D eigenvalue weighted by molar-refractivity contribution is -0.125. The van der Waals surface area contributed by atoms with Crippen molar-refractivity contribution in [2.24, 2.45) is 5.14 Å². The molecule has 0 fully saturated rings. The van der Waals surface area contributed by atoms with Gasteiger partial charge in [-0.2, -0.15) is 0 Å². The number of alkyl halides is 1. The van der Waals surface area contributed by atoms with Gasteiger partial charge in [-0.3, -0.25) is 4.79 Å². The Morgan fingerprint density at radius 1 is 1.03 bits per heavy atom. The summed E-state index contributed by atoms with van der Waals surface area (Å²) in [7, 11) is -3.95. The van der Waals surface area contributed by atoms with E-state index < -0.39 is 28.5 Å². The topological polar surface area (TPSA) is 120 Å². The van der Waals surface area contributed by atoms with Crippen molar-refractivity contribution in [1.82, 2.24) is 0 Å². The number of nitrogens with one attached hydrogen (secondary N) is 2. The molecule has 10 heteroatoms. The average molecular weight is 469 g/mol. The van der Waals surface area contributed by atoms with Gasteiger partial charge in [-0.1, -0.05) is 30.3 Å². The number of amides is 1. The normalized spacial score (nSPS) is 16.9. The van der Waals surface area contributed by atoms with Crippen LogP contribution in [0.5, 0.6) is 11.5 Å². The summed E-state index contributed by atoms with van der Waals surface area (Å²) in [5.41, 5.74) is 0.0579. The van der Waals surface area contributed by atoms with Crippen LogP contribution in [0, 0.1) is 0 Å². The Morgan fingerprint density at radius 3 is 2.48 bits per heavy atom. The van der Waals surface area contributed by atoms with E-state index in [0.717, 1.165) is 5.56 Å². The first-order chi connectivity index (χ1) is 15.8. The third-order valence-electron chi connectivity index (χ3n) is 4.86. The highest BCUT2D eigenvalue weighted by molar-refractivity contribution is 7.89. The number of sulfonamides is 1. The summed E-state index contributed by atoms with van der Waals surface area (Å²) >= 11 is 0. The molecule has 8 nitrogen and oxygen atoms in total. The Morgan fingerprint density at radius 2 is 1.76 bits per heavy atom. The van der Waals surface area contributed by atoms with Gasteiger partial charge in [-0.05, 0) is 60.2 Å². The number of hydrogen-bond acceptors (Lipinski definition) is 6. The highest BCUT2D eigenvalue weighted by atomic mass is 32.2. The Bertz CT molecular complexity index is 1310. The maximum Gasteiger partial charge on any atom is 0.294 e. The number of ether oxygens (including phenoxy) is 2. The molecule has 1 amide bonds. The maximum absolute atomic E-state index is 13.4. The number of nitrogens with two attached hydrogens (primary N) is 1. The number of rotatable bonds is 7. The van der Waals surface area contributed by atoms with Gasteiger partial charge in [-0.25, -0.2) is 17.9 Å². The van der Waals surface area contributed by atoms with Crippen molar-refractivity contribution < 1.29 is 27.1 Å². The van der Waals surface area contributed by atoms with Crippen LogP contribution < -0.4 is 25.2 Å². The van der Waals surface area contributed by atoms with Crippen molar-refractivity contribution in [3.8, 4) is 11.5 Å². The van der Waals surface area contributed by atoms with Gasteiger partial charge in [-0.15, -0.1) is 0 Å². The van der Waals surface area contributed by atoms with Crippen LogP contribution in [0.2, 0.25) is 0 Å². The smallest absolute Gasteiger partial charge is 0.294 e. The van der Waals surface area contributed by atoms with Crippen LogP contribution >= 0.6 is 0 Å². The lowest BCUT2D eigenvalue weighted by Gasteiger charge is -2.35. The second kappa shape index (κ2) is 8.93. The monoisotopic (exact) mass is 469 g/mol. The highest BCUT2D eigenvalue weighted by Crippen LogP contribution is 2.32. The van der Waals surface area contributed by atoms with Gasteiger partial charge in [0, 0.05) is 11.4 Å². The fraction of sp³-hybridized carbons (Fsp3) is 0.0870. The summed E-state index contributed by atoms with van der Waals surface area (Å²) < 4.78 is 46.6. The minimum atomic E-state index is -3.95. The summed E-state index contributed by atoms with van der Waals surface area (Å²) in [5, 5.41) is 11.0. The molecule has 0 aromatic heterocycles. The minimum absolute atomic E-state index is 0.142. The van der Waals surface area contributed by atoms with Crippen molar-refractivity contribution >= 4 is 33.4 Å². The molecule has 1 aliphatic rings. The van der Waals surface area contributed by atoms with E-state index in [1.807, 2.05) is 18.2 Å². The number of benzene rings is 3. The molecular formula is C23H20FN3O5S. The zero-order valence-corrected chi connectivity index (χ0v) is 18.0. The number of hydrogen-bond donors (Lipinski definition) is 3. The third-order valence-corrected chi connectivity index (χ3v) is 5.77. The molecule has 1 atom stereocenters. The third kappa shape index (κ3) is 4.97. The molecule has 1 heterocycles. The summed E-state index contributed by atoms with van der Waals surface area (Å²) in [6.07, 6.45) is 3.30. The summed E-state index contributed by atoms with van der Waals surface area (Å²) in [5.74, 6) is 0.00994. The first-order valence-electron chi connectivity index (χ1n) is 9.78. The van der Waals surface area contributed by atoms with Crippen molar-refractivity contribution in [1.29, 1.82) is 0 Å². The lowest BCUT2D eigenvalue weighted by Crippen LogP contribution is -2.54. The number of primary sulfonamides is 1. The van der Waals surface area contributed by atoms with Crippen LogP contribution in [0.3, 0.4) is 0 Å². The van der Waals surface area contributed by atoms with Crippen LogP contribution in [0.1, 0.15) is 5.56 Å². The molecule has 170 valence electrons. The van der Waals surface area contributed by atoms with E-state index in [4.69, 9.17) is 14.6 Å². The molecule has 3 aromatic carbocycles. The van der Waals surface area contributed by atoms with Crippen molar-refractivity contribution in [3.63, 3.8) is 0 Å². The fourth-order valence-corrected chi connectivity index (χ4v) is 3.83. The lowest BCUT2D eigenvalue weighted by atomic mass is 10.0. The molecular weight excluding hydrogens is 449 g/mol. The molecule has 0 saturated carbocycles. The Balaban J connectivity index is 1.67. The molecule has 1 aliphatic heterocycles. The zero-order chi connectivity index (χ0) is 23.5. The second-order valence-electron chi connectivity index (χ2n) is 7.14.